The topological polar surface area (TPSA) is 42.7 Å². The molecule has 2 rings (SSSR count). The van der Waals surface area contributed by atoms with Crippen molar-refractivity contribution in [1.82, 2.24) is 20.1 Å². The van der Waals surface area contributed by atoms with Crippen molar-refractivity contribution in [3.63, 3.8) is 0 Å². The molecule has 2 aromatic heterocycles. The first kappa shape index (κ1) is 12.8. The number of nitrogens with zero attached hydrogens (tertiary/aromatic N) is 3. The van der Waals surface area contributed by atoms with Crippen LogP contribution in [0.4, 0.5) is 0 Å². The summed E-state index contributed by atoms with van der Waals surface area (Å²) < 4.78 is 1.86. The van der Waals surface area contributed by atoms with E-state index >= 15 is 0 Å². The van der Waals surface area contributed by atoms with Crippen molar-refractivity contribution in [2.24, 2.45) is 7.05 Å². The summed E-state index contributed by atoms with van der Waals surface area (Å²) in [6.07, 6.45) is 4.86. The molecule has 0 saturated carbocycles. The summed E-state index contributed by atoms with van der Waals surface area (Å²) in [5.41, 5.74) is 3.48. The van der Waals surface area contributed by atoms with Gasteiger partial charge in [-0.25, -0.2) is 0 Å². The number of rotatable bonds is 5. The second kappa shape index (κ2) is 5.78. The molecule has 0 aromatic carbocycles. The number of hydrogen-bond acceptors (Lipinski definition) is 3. The van der Waals surface area contributed by atoms with E-state index in [-0.39, 0.29) is 0 Å². The second-order valence-electron chi connectivity index (χ2n) is 4.59. The predicted octanol–water partition coefficient (Wildman–Crippen LogP) is 2.02. The first-order valence-corrected chi connectivity index (χ1v) is 6.30. The molecule has 2 aromatic rings. The lowest BCUT2D eigenvalue weighted by Gasteiger charge is -2.12. The molecule has 0 bridgehead atoms. The van der Waals surface area contributed by atoms with Crippen LogP contribution in [0, 0.1) is 6.92 Å². The number of aromatic nitrogens is 3. The molecule has 0 saturated heterocycles. The summed E-state index contributed by atoms with van der Waals surface area (Å²) in [6, 6.07) is 6.35. The Hall–Kier alpha value is -1.68. The van der Waals surface area contributed by atoms with Gasteiger partial charge in [0.05, 0.1) is 5.69 Å². The van der Waals surface area contributed by atoms with E-state index in [0.717, 1.165) is 24.4 Å². The van der Waals surface area contributed by atoms with E-state index in [1.165, 1.54) is 5.56 Å². The van der Waals surface area contributed by atoms with Gasteiger partial charge in [0.15, 0.2) is 0 Å². The Labute approximate surface area is 108 Å². The molecular weight excluding hydrogens is 224 g/mol. The van der Waals surface area contributed by atoms with Crippen molar-refractivity contribution >= 4 is 0 Å². The fourth-order valence-corrected chi connectivity index (χ4v) is 2.12. The van der Waals surface area contributed by atoms with Crippen molar-refractivity contribution in [1.29, 1.82) is 0 Å². The Morgan fingerprint density at radius 1 is 1.39 bits per heavy atom. The van der Waals surface area contributed by atoms with Gasteiger partial charge >= 0.3 is 0 Å². The highest BCUT2D eigenvalue weighted by atomic mass is 15.3. The molecule has 0 aliphatic rings. The average Bonchev–Trinajstić information content (AvgIpc) is 2.70. The minimum absolute atomic E-state index is 0.322. The van der Waals surface area contributed by atoms with Crippen molar-refractivity contribution in [3.8, 4) is 0 Å². The lowest BCUT2D eigenvalue weighted by Crippen LogP contribution is -2.21. The van der Waals surface area contributed by atoms with Crippen molar-refractivity contribution in [3.05, 3.63) is 47.5 Å². The van der Waals surface area contributed by atoms with Crippen molar-refractivity contribution < 1.29 is 0 Å². The smallest absolute Gasteiger partial charge is 0.0641 e. The molecule has 0 spiro atoms. The third-order valence-corrected chi connectivity index (χ3v) is 3.08. The number of nitrogens with one attached hydrogen (secondary N) is 1. The van der Waals surface area contributed by atoms with E-state index in [0.29, 0.717) is 6.04 Å². The van der Waals surface area contributed by atoms with Gasteiger partial charge in [0.2, 0.25) is 0 Å². The van der Waals surface area contributed by atoms with Crippen LogP contribution in [0.25, 0.3) is 0 Å². The molecule has 4 heteroatoms. The van der Waals surface area contributed by atoms with Gasteiger partial charge in [-0.05, 0) is 26.0 Å². The van der Waals surface area contributed by atoms with Crippen LogP contribution >= 0.6 is 0 Å². The van der Waals surface area contributed by atoms with Crippen molar-refractivity contribution in [2.75, 3.05) is 6.54 Å². The molecular formula is C14H20N4. The minimum Gasteiger partial charge on any atom is -0.310 e. The van der Waals surface area contributed by atoms with Gasteiger partial charge in [0, 0.05) is 49.7 Å². The Morgan fingerprint density at radius 3 is 2.83 bits per heavy atom. The van der Waals surface area contributed by atoms with E-state index in [1.807, 2.05) is 37.0 Å². The van der Waals surface area contributed by atoms with Crippen LogP contribution in [-0.4, -0.2) is 21.3 Å². The largest absolute Gasteiger partial charge is 0.310 e. The third-order valence-electron chi connectivity index (χ3n) is 3.08. The molecule has 1 atom stereocenters. The van der Waals surface area contributed by atoms with Crippen LogP contribution in [0.2, 0.25) is 0 Å². The first-order chi connectivity index (χ1) is 8.66. The zero-order chi connectivity index (χ0) is 13.0. The van der Waals surface area contributed by atoms with E-state index in [4.69, 9.17) is 0 Å². The van der Waals surface area contributed by atoms with E-state index in [9.17, 15) is 0 Å². The fourth-order valence-electron chi connectivity index (χ4n) is 2.12. The van der Waals surface area contributed by atoms with Crippen LogP contribution < -0.4 is 5.32 Å². The molecule has 0 aliphatic heterocycles. The van der Waals surface area contributed by atoms with E-state index < -0.39 is 0 Å². The van der Waals surface area contributed by atoms with Gasteiger partial charge < -0.3 is 5.32 Å². The highest BCUT2D eigenvalue weighted by Gasteiger charge is 2.10. The molecule has 1 N–H and O–H groups in total. The highest BCUT2D eigenvalue weighted by molar-refractivity contribution is 5.19. The molecule has 1 unspecified atom stereocenters. The van der Waals surface area contributed by atoms with Crippen LogP contribution in [0.3, 0.4) is 0 Å². The molecule has 18 heavy (non-hydrogen) atoms. The van der Waals surface area contributed by atoms with Crippen LogP contribution in [-0.2, 0) is 13.5 Å². The van der Waals surface area contributed by atoms with E-state index in [2.05, 4.69) is 34.6 Å². The number of pyridine rings is 1. The summed E-state index contributed by atoms with van der Waals surface area (Å²) in [7, 11) is 1.96. The standard InChI is InChI=1S/C14H20N4/c1-11(14-10-18(3)17-12(14)2)15-9-7-13-6-4-5-8-16-13/h4-6,8,10-11,15H,7,9H2,1-3H3. The summed E-state index contributed by atoms with van der Waals surface area (Å²) in [6.45, 7) is 5.14. The SMILES string of the molecule is Cc1nn(C)cc1C(C)NCCc1ccccn1. The molecule has 0 amide bonds. The predicted molar refractivity (Wildman–Crippen MR) is 72.3 cm³/mol. The Kier molecular flexibility index (Phi) is 4.10. The zero-order valence-corrected chi connectivity index (χ0v) is 11.2. The molecule has 96 valence electrons. The second-order valence-corrected chi connectivity index (χ2v) is 4.59. The zero-order valence-electron chi connectivity index (χ0n) is 11.2. The average molecular weight is 244 g/mol. The van der Waals surface area contributed by atoms with Gasteiger partial charge in [0.25, 0.3) is 0 Å². The van der Waals surface area contributed by atoms with Gasteiger partial charge in [-0.3, -0.25) is 9.67 Å². The molecule has 4 nitrogen and oxygen atoms in total. The van der Waals surface area contributed by atoms with E-state index in [1.54, 1.807) is 0 Å². The van der Waals surface area contributed by atoms with Gasteiger partial charge in [0.1, 0.15) is 0 Å². The van der Waals surface area contributed by atoms with Gasteiger partial charge in [-0.15, -0.1) is 0 Å². The van der Waals surface area contributed by atoms with Crippen LogP contribution in [0.15, 0.2) is 30.6 Å². The molecule has 0 radical (unpaired) electrons. The lowest BCUT2D eigenvalue weighted by atomic mass is 10.1. The van der Waals surface area contributed by atoms with Crippen LogP contribution in [0.1, 0.15) is 29.9 Å². The first-order valence-electron chi connectivity index (χ1n) is 6.30. The fraction of sp³-hybridized carbons (Fsp3) is 0.429. The Bertz CT molecular complexity index is 490. The summed E-state index contributed by atoms with van der Waals surface area (Å²) in [5, 5.41) is 7.87. The summed E-state index contributed by atoms with van der Waals surface area (Å²) in [5.74, 6) is 0. The molecule has 0 aliphatic carbocycles. The lowest BCUT2D eigenvalue weighted by molar-refractivity contribution is 0.571. The van der Waals surface area contributed by atoms with Crippen molar-refractivity contribution in [2.45, 2.75) is 26.3 Å². The normalized spacial score (nSPS) is 12.6. The maximum Gasteiger partial charge on any atom is 0.0641 e. The Balaban J connectivity index is 1.85. The van der Waals surface area contributed by atoms with Gasteiger partial charge in [-0.1, -0.05) is 6.07 Å². The highest BCUT2D eigenvalue weighted by Crippen LogP contribution is 2.15. The monoisotopic (exact) mass is 244 g/mol. The molecule has 2 heterocycles. The maximum atomic E-state index is 4.36. The maximum absolute atomic E-state index is 4.36. The van der Waals surface area contributed by atoms with Gasteiger partial charge in [-0.2, -0.15) is 5.10 Å². The summed E-state index contributed by atoms with van der Waals surface area (Å²) >= 11 is 0. The minimum atomic E-state index is 0.322. The molecule has 0 fully saturated rings. The third kappa shape index (κ3) is 3.17. The van der Waals surface area contributed by atoms with Crippen LogP contribution in [0.5, 0.6) is 0 Å². The summed E-state index contributed by atoms with van der Waals surface area (Å²) in [4.78, 5) is 4.31. The quantitative estimate of drug-likeness (QED) is 0.875. The number of aryl methyl sites for hydroxylation is 2. The number of hydrogen-bond donors (Lipinski definition) is 1. The Morgan fingerprint density at radius 2 is 2.22 bits per heavy atom.